The Morgan fingerprint density at radius 2 is 2.10 bits per heavy atom. The molecule has 0 saturated carbocycles. The second kappa shape index (κ2) is 5.98. The van der Waals surface area contributed by atoms with Crippen LogP contribution in [0.1, 0.15) is 15.2 Å². The number of nitrogens with one attached hydrogen (secondary N) is 2. The van der Waals surface area contributed by atoms with Crippen molar-refractivity contribution in [3.8, 4) is 10.6 Å². The predicted molar refractivity (Wildman–Crippen MR) is 93.7 cm³/mol. The van der Waals surface area contributed by atoms with Gasteiger partial charge in [0.2, 0.25) is 0 Å². The van der Waals surface area contributed by atoms with E-state index in [0.717, 1.165) is 14.1 Å². The molecular formula is C15H12IN3OS. The van der Waals surface area contributed by atoms with Gasteiger partial charge in [-0.25, -0.2) is 0 Å². The minimum atomic E-state index is -0.152. The zero-order chi connectivity index (χ0) is 14.8. The van der Waals surface area contributed by atoms with Crippen LogP contribution in [0.15, 0.2) is 42.5 Å². The summed E-state index contributed by atoms with van der Waals surface area (Å²) in [4.78, 5) is 14.6. The highest BCUT2D eigenvalue weighted by Crippen LogP contribution is 2.27. The largest absolute Gasteiger partial charge is 0.305 e. The maximum atomic E-state index is 12.2. The first-order valence-electron chi connectivity index (χ1n) is 6.31. The van der Waals surface area contributed by atoms with Crippen molar-refractivity contribution in [3.05, 3.63) is 56.5 Å². The van der Waals surface area contributed by atoms with Crippen LogP contribution >= 0.6 is 33.9 Å². The summed E-state index contributed by atoms with van der Waals surface area (Å²) in [6.45, 7) is 2.06. The van der Waals surface area contributed by atoms with Crippen molar-refractivity contribution in [2.24, 2.45) is 0 Å². The number of nitrogens with zero attached hydrogens (tertiary/aromatic N) is 1. The highest BCUT2D eigenvalue weighted by Gasteiger charge is 2.12. The third-order valence-corrected chi connectivity index (χ3v) is 4.92. The van der Waals surface area contributed by atoms with Gasteiger partial charge in [-0.2, -0.15) is 5.10 Å². The number of H-pyrrole nitrogens is 1. The zero-order valence-corrected chi connectivity index (χ0v) is 14.2. The summed E-state index contributed by atoms with van der Waals surface area (Å²) in [5.41, 5.74) is 1.56. The molecule has 106 valence electrons. The van der Waals surface area contributed by atoms with Crippen LogP contribution in [-0.4, -0.2) is 16.1 Å². The lowest BCUT2D eigenvalue weighted by molar-refractivity contribution is 0.102. The molecule has 0 aliphatic rings. The van der Waals surface area contributed by atoms with Crippen LogP contribution in [0.25, 0.3) is 10.6 Å². The van der Waals surface area contributed by atoms with Crippen molar-refractivity contribution >= 4 is 45.7 Å². The van der Waals surface area contributed by atoms with Crippen molar-refractivity contribution in [3.63, 3.8) is 0 Å². The first-order valence-corrected chi connectivity index (χ1v) is 8.21. The fraction of sp³-hybridized carbons (Fsp3) is 0.0667. The SMILES string of the molecule is Cc1ccc(-c2cc(NC(=O)c3ccccc3I)n[nH]2)s1. The molecule has 1 aromatic carbocycles. The van der Waals surface area contributed by atoms with Crippen LogP contribution in [0.2, 0.25) is 0 Å². The number of carbonyl (C=O) groups excluding carboxylic acids is 1. The third-order valence-electron chi connectivity index (χ3n) is 2.94. The van der Waals surface area contributed by atoms with E-state index in [1.807, 2.05) is 30.3 Å². The maximum absolute atomic E-state index is 12.2. The number of anilines is 1. The number of benzene rings is 1. The quantitative estimate of drug-likeness (QED) is 0.634. The Balaban J connectivity index is 1.79. The van der Waals surface area contributed by atoms with Crippen LogP contribution in [0, 0.1) is 10.5 Å². The van der Waals surface area contributed by atoms with Gasteiger partial charge in [-0.15, -0.1) is 11.3 Å². The molecule has 0 aliphatic heterocycles. The molecule has 1 amide bonds. The van der Waals surface area contributed by atoms with Crippen LogP contribution in [0.4, 0.5) is 5.82 Å². The minimum Gasteiger partial charge on any atom is -0.305 e. The molecule has 0 saturated heterocycles. The molecule has 6 heteroatoms. The van der Waals surface area contributed by atoms with Crippen molar-refractivity contribution in [2.45, 2.75) is 6.92 Å². The molecule has 21 heavy (non-hydrogen) atoms. The molecule has 0 aliphatic carbocycles. The summed E-state index contributed by atoms with van der Waals surface area (Å²) in [7, 11) is 0. The van der Waals surface area contributed by atoms with Gasteiger partial charge in [0.1, 0.15) is 0 Å². The van der Waals surface area contributed by atoms with Gasteiger partial charge < -0.3 is 5.32 Å². The number of hydrogen-bond donors (Lipinski definition) is 2. The Morgan fingerprint density at radius 1 is 1.29 bits per heavy atom. The first-order chi connectivity index (χ1) is 10.1. The molecule has 0 bridgehead atoms. The molecular weight excluding hydrogens is 397 g/mol. The molecule has 0 radical (unpaired) electrons. The van der Waals surface area contributed by atoms with E-state index in [2.05, 4.69) is 51.1 Å². The molecule has 2 aromatic heterocycles. The van der Waals surface area contributed by atoms with Crippen LogP contribution in [-0.2, 0) is 0 Å². The lowest BCUT2D eigenvalue weighted by atomic mass is 10.2. The van der Waals surface area contributed by atoms with Gasteiger partial charge in [-0.05, 0) is 53.8 Å². The Bertz CT molecular complexity index is 794. The summed E-state index contributed by atoms with van der Waals surface area (Å²) in [6.07, 6.45) is 0. The Labute approximate surface area is 139 Å². The van der Waals surface area contributed by atoms with E-state index < -0.39 is 0 Å². The average Bonchev–Trinajstić information content (AvgIpc) is 3.08. The summed E-state index contributed by atoms with van der Waals surface area (Å²) in [5.74, 6) is 0.376. The lowest BCUT2D eigenvalue weighted by Gasteiger charge is -2.03. The Kier molecular flexibility index (Phi) is 4.07. The number of amides is 1. The molecule has 3 rings (SSSR count). The monoisotopic (exact) mass is 409 g/mol. The average molecular weight is 409 g/mol. The summed E-state index contributed by atoms with van der Waals surface area (Å²) in [5, 5.41) is 9.91. The molecule has 2 heterocycles. The van der Waals surface area contributed by atoms with Crippen molar-refractivity contribution in [1.29, 1.82) is 0 Å². The molecule has 0 fully saturated rings. The topological polar surface area (TPSA) is 57.8 Å². The highest BCUT2D eigenvalue weighted by molar-refractivity contribution is 14.1. The summed E-state index contributed by atoms with van der Waals surface area (Å²) < 4.78 is 0.914. The van der Waals surface area contributed by atoms with Crippen molar-refractivity contribution in [2.75, 3.05) is 5.32 Å². The first kappa shape index (κ1) is 14.3. The maximum Gasteiger partial charge on any atom is 0.257 e. The molecule has 2 N–H and O–H groups in total. The number of thiophene rings is 1. The van der Waals surface area contributed by atoms with E-state index in [1.165, 1.54) is 4.88 Å². The number of rotatable bonds is 3. The van der Waals surface area contributed by atoms with Gasteiger partial charge in [0.15, 0.2) is 5.82 Å². The van der Waals surface area contributed by atoms with Crippen molar-refractivity contribution < 1.29 is 4.79 Å². The zero-order valence-electron chi connectivity index (χ0n) is 11.2. The third kappa shape index (κ3) is 3.16. The summed E-state index contributed by atoms with van der Waals surface area (Å²) in [6, 6.07) is 13.4. The van der Waals surface area contributed by atoms with Crippen LogP contribution in [0.5, 0.6) is 0 Å². The number of aromatic nitrogens is 2. The van der Waals surface area contributed by atoms with Gasteiger partial charge in [0.25, 0.3) is 5.91 Å². The van der Waals surface area contributed by atoms with Gasteiger partial charge in [-0.3, -0.25) is 9.89 Å². The number of aryl methyl sites for hydroxylation is 1. The van der Waals surface area contributed by atoms with Crippen LogP contribution < -0.4 is 5.32 Å². The van der Waals surface area contributed by atoms with Gasteiger partial charge >= 0.3 is 0 Å². The second-order valence-electron chi connectivity index (χ2n) is 4.51. The van der Waals surface area contributed by atoms with E-state index in [0.29, 0.717) is 11.4 Å². The number of hydrogen-bond acceptors (Lipinski definition) is 3. The van der Waals surface area contributed by atoms with E-state index >= 15 is 0 Å². The van der Waals surface area contributed by atoms with Crippen LogP contribution in [0.3, 0.4) is 0 Å². The fourth-order valence-electron chi connectivity index (χ4n) is 1.92. The molecule has 0 unspecified atom stereocenters. The van der Waals surface area contributed by atoms with E-state index in [1.54, 1.807) is 17.4 Å². The number of carbonyl (C=O) groups is 1. The molecule has 3 aromatic rings. The fourth-order valence-corrected chi connectivity index (χ4v) is 3.39. The second-order valence-corrected chi connectivity index (χ2v) is 6.96. The predicted octanol–water partition coefficient (Wildman–Crippen LogP) is 4.30. The smallest absolute Gasteiger partial charge is 0.257 e. The number of aromatic amines is 1. The van der Waals surface area contributed by atoms with Gasteiger partial charge in [0.05, 0.1) is 16.1 Å². The van der Waals surface area contributed by atoms with E-state index in [4.69, 9.17) is 0 Å². The Hall–Kier alpha value is -1.67. The highest BCUT2D eigenvalue weighted by atomic mass is 127. The van der Waals surface area contributed by atoms with Gasteiger partial charge in [-0.1, -0.05) is 12.1 Å². The number of halogens is 1. The molecule has 0 atom stereocenters. The molecule has 0 spiro atoms. The molecule has 4 nitrogen and oxygen atoms in total. The standard InChI is InChI=1S/C15H12IN3OS/c1-9-6-7-13(21-9)12-8-14(19-18-12)17-15(20)10-4-2-3-5-11(10)16/h2-8H,1H3,(H2,17,18,19,20). The van der Waals surface area contributed by atoms with Crippen molar-refractivity contribution in [1.82, 2.24) is 10.2 Å². The minimum absolute atomic E-state index is 0.152. The lowest BCUT2D eigenvalue weighted by Crippen LogP contribution is -2.13. The summed E-state index contributed by atoms with van der Waals surface area (Å²) >= 11 is 3.83. The van der Waals surface area contributed by atoms with E-state index in [-0.39, 0.29) is 5.91 Å². The Morgan fingerprint density at radius 3 is 2.81 bits per heavy atom. The van der Waals surface area contributed by atoms with Gasteiger partial charge in [0, 0.05) is 14.5 Å². The normalized spacial score (nSPS) is 10.6. The van der Waals surface area contributed by atoms with E-state index in [9.17, 15) is 4.79 Å².